The van der Waals surface area contributed by atoms with E-state index in [1.807, 2.05) is 11.5 Å². The Balaban J connectivity index is 2.58. The molecule has 4 N–H and O–H groups in total. The first-order valence-electron chi connectivity index (χ1n) is 7.37. The van der Waals surface area contributed by atoms with E-state index in [0.717, 1.165) is 12.8 Å². The molecule has 1 aromatic carbocycles. The van der Waals surface area contributed by atoms with Crippen molar-refractivity contribution in [1.29, 1.82) is 0 Å². The Labute approximate surface area is 132 Å². The van der Waals surface area contributed by atoms with Gasteiger partial charge >= 0.3 is 5.97 Å². The number of pyridine rings is 1. The van der Waals surface area contributed by atoms with E-state index in [9.17, 15) is 14.4 Å². The van der Waals surface area contributed by atoms with E-state index in [1.54, 1.807) is 18.2 Å². The Morgan fingerprint density at radius 2 is 2.09 bits per heavy atom. The Morgan fingerprint density at radius 3 is 2.74 bits per heavy atom. The van der Waals surface area contributed by atoms with Crippen LogP contribution in [-0.4, -0.2) is 28.1 Å². The number of hydrogen-bond donors (Lipinski definition) is 3. The predicted molar refractivity (Wildman–Crippen MR) is 87.5 cm³/mol. The molecule has 2 aromatic rings. The van der Waals surface area contributed by atoms with Crippen molar-refractivity contribution in [2.24, 2.45) is 0 Å². The van der Waals surface area contributed by atoms with Gasteiger partial charge in [-0.05, 0) is 18.6 Å². The minimum atomic E-state index is -1.18. The number of nitrogens with one attached hydrogen (secondary N) is 1. The van der Waals surface area contributed by atoms with Crippen LogP contribution in [0.3, 0.4) is 0 Å². The van der Waals surface area contributed by atoms with Crippen LogP contribution >= 0.6 is 0 Å². The first-order valence-corrected chi connectivity index (χ1v) is 7.37. The highest BCUT2D eigenvalue weighted by molar-refractivity contribution is 6.00. The highest BCUT2D eigenvalue weighted by atomic mass is 16.4. The fraction of sp³-hybridized carbons (Fsp3) is 0.312. The Morgan fingerprint density at radius 1 is 1.35 bits per heavy atom. The average molecular weight is 317 g/mol. The number of rotatable bonds is 6. The normalized spacial score (nSPS) is 10.7. The fourth-order valence-corrected chi connectivity index (χ4v) is 2.39. The number of aromatic nitrogens is 1. The first kappa shape index (κ1) is 16.5. The number of aryl methyl sites for hydroxylation is 1. The second-order valence-electron chi connectivity index (χ2n) is 5.24. The molecule has 0 saturated carbocycles. The summed E-state index contributed by atoms with van der Waals surface area (Å²) in [7, 11) is 0. The van der Waals surface area contributed by atoms with Crippen LogP contribution < -0.4 is 16.5 Å². The maximum Gasteiger partial charge on any atom is 0.322 e. The lowest BCUT2D eigenvalue weighted by Crippen LogP contribution is -2.33. The number of aliphatic carboxylic acids is 1. The maximum absolute atomic E-state index is 12.6. The first-order chi connectivity index (χ1) is 11.0. The quantitative estimate of drug-likeness (QED) is 0.693. The van der Waals surface area contributed by atoms with Crippen molar-refractivity contribution in [2.75, 3.05) is 12.3 Å². The van der Waals surface area contributed by atoms with Crippen LogP contribution in [0.4, 0.5) is 5.69 Å². The van der Waals surface area contributed by atoms with Crippen LogP contribution in [0.1, 0.15) is 30.1 Å². The second kappa shape index (κ2) is 6.95. The van der Waals surface area contributed by atoms with Crippen LogP contribution in [0.5, 0.6) is 0 Å². The number of nitrogens with zero attached hydrogens (tertiary/aromatic N) is 1. The molecule has 0 radical (unpaired) electrons. The van der Waals surface area contributed by atoms with Gasteiger partial charge in [0, 0.05) is 18.4 Å². The van der Waals surface area contributed by atoms with E-state index >= 15 is 0 Å². The highest BCUT2D eigenvalue weighted by Crippen LogP contribution is 2.19. The topological polar surface area (TPSA) is 114 Å². The molecule has 0 atom stereocenters. The molecule has 0 fully saturated rings. The highest BCUT2D eigenvalue weighted by Gasteiger charge is 2.17. The van der Waals surface area contributed by atoms with Crippen LogP contribution in [0.15, 0.2) is 29.2 Å². The molecule has 7 heteroatoms. The largest absolute Gasteiger partial charge is 0.480 e. The molecule has 0 spiro atoms. The number of carbonyl (C=O) groups is 2. The summed E-state index contributed by atoms with van der Waals surface area (Å²) in [5, 5.41) is 11.1. The number of carboxylic acid groups (broad SMARTS) is 1. The summed E-state index contributed by atoms with van der Waals surface area (Å²) in [6.45, 7) is 2.13. The average Bonchev–Trinajstić information content (AvgIpc) is 2.52. The van der Waals surface area contributed by atoms with E-state index in [0.29, 0.717) is 17.7 Å². The molecular formula is C16H19N3O4. The summed E-state index contributed by atoms with van der Waals surface area (Å²) in [6, 6.07) is 5.14. The molecule has 7 nitrogen and oxygen atoms in total. The third-order valence-corrected chi connectivity index (χ3v) is 3.54. The molecular weight excluding hydrogens is 298 g/mol. The smallest absolute Gasteiger partial charge is 0.322 e. The molecule has 0 aliphatic rings. The number of carbonyl (C=O) groups excluding carboxylic acids is 1. The predicted octanol–water partition coefficient (Wildman–Crippen LogP) is 1.20. The SMILES string of the molecule is CCCCn1cc(C(=O)NCC(=O)O)c(=O)c2c(N)cccc21. The molecule has 0 saturated heterocycles. The number of fused-ring (bicyclic) bond motifs is 1. The Bertz CT molecular complexity index is 811. The number of hydrogen-bond acceptors (Lipinski definition) is 4. The number of carboxylic acids is 1. The number of nitrogen functional groups attached to an aromatic ring is 1. The number of unbranched alkanes of at least 4 members (excludes halogenated alkanes) is 1. The lowest BCUT2D eigenvalue weighted by atomic mass is 10.1. The molecule has 122 valence electrons. The van der Waals surface area contributed by atoms with E-state index in [2.05, 4.69) is 5.32 Å². The Hall–Kier alpha value is -2.83. The van der Waals surface area contributed by atoms with Crippen LogP contribution in [0.2, 0.25) is 0 Å². The summed E-state index contributed by atoms with van der Waals surface area (Å²) in [4.78, 5) is 35.3. The maximum atomic E-state index is 12.6. The van der Waals surface area contributed by atoms with Crippen molar-refractivity contribution >= 4 is 28.5 Å². The van der Waals surface area contributed by atoms with Gasteiger partial charge in [-0.1, -0.05) is 19.4 Å². The summed E-state index contributed by atoms with van der Waals surface area (Å²) >= 11 is 0. The van der Waals surface area contributed by atoms with Gasteiger partial charge in [0.05, 0.1) is 10.9 Å². The van der Waals surface area contributed by atoms with Gasteiger partial charge in [0.15, 0.2) is 0 Å². The zero-order valence-corrected chi connectivity index (χ0v) is 12.8. The van der Waals surface area contributed by atoms with Gasteiger partial charge in [-0.2, -0.15) is 0 Å². The van der Waals surface area contributed by atoms with Gasteiger partial charge in [-0.3, -0.25) is 14.4 Å². The van der Waals surface area contributed by atoms with E-state index in [4.69, 9.17) is 10.8 Å². The standard InChI is InChI=1S/C16H19N3O4/c1-2-3-7-19-9-10(16(23)18-8-13(20)21)15(22)14-11(17)5-4-6-12(14)19/h4-6,9H,2-3,7-8,17H2,1H3,(H,18,23)(H,20,21). The summed E-state index contributed by atoms with van der Waals surface area (Å²) < 4.78 is 1.81. The molecule has 0 aliphatic heterocycles. The van der Waals surface area contributed by atoms with Crippen molar-refractivity contribution in [3.05, 3.63) is 40.2 Å². The van der Waals surface area contributed by atoms with E-state index in [1.165, 1.54) is 6.20 Å². The molecule has 1 heterocycles. The fourth-order valence-electron chi connectivity index (χ4n) is 2.39. The number of nitrogens with two attached hydrogens (primary N) is 1. The molecule has 0 bridgehead atoms. The number of amides is 1. The van der Waals surface area contributed by atoms with Crippen molar-refractivity contribution < 1.29 is 14.7 Å². The zero-order chi connectivity index (χ0) is 17.0. The molecule has 1 amide bonds. The van der Waals surface area contributed by atoms with Crippen molar-refractivity contribution in [1.82, 2.24) is 9.88 Å². The molecule has 2 rings (SSSR count). The van der Waals surface area contributed by atoms with Gasteiger partial charge < -0.3 is 20.7 Å². The molecule has 0 aliphatic carbocycles. The van der Waals surface area contributed by atoms with Gasteiger partial charge in [0.25, 0.3) is 5.91 Å². The van der Waals surface area contributed by atoms with Crippen LogP contribution in [0, 0.1) is 0 Å². The van der Waals surface area contributed by atoms with Crippen molar-refractivity contribution in [3.63, 3.8) is 0 Å². The lowest BCUT2D eigenvalue weighted by molar-refractivity contribution is -0.135. The third-order valence-electron chi connectivity index (χ3n) is 3.54. The molecule has 1 aromatic heterocycles. The number of anilines is 1. The van der Waals surface area contributed by atoms with Crippen molar-refractivity contribution in [2.45, 2.75) is 26.3 Å². The molecule has 23 heavy (non-hydrogen) atoms. The molecule has 0 unspecified atom stereocenters. The minimum absolute atomic E-state index is 0.104. The Kier molecular flexibility index (Phi) is 5.00. The summed E-state index contributed by atoms with van der Waals surface area (Å²) in [6.07, 6.45) is 3.30. The minimum Gasteiger partial charge on any atom is -0.480 e. The zero-order valence-electron chi connectivity index (χ0n) is 12.8. The van der Waals surface area contributed by atoms with Gasteiger partial charge in [0.2, 0.25) is 5.43 Å². The lowest BCUT2D eigenvalue weighted by Gasteiger charge is -2.14. The van der Waals surface area contributed by atoms with Gasteiger partial charge in [-0.25, -0.2) is 0 Å². The third kappa shape index (κ3) is 3.50. The number of benzene rings is 1. The second-order valence-corrected chi connectivity index (χ2v) is 5.24. The van der Waals surface area contributed by atoms with Gasteiger partial charge in [0.1, 0.15) is 12.1 Å². The van der Waals surface area contributed by atoms with Crippen LogP contribution in [-0.2, 0) is 11.3 Å². The van der Waals surface area contributed by atoms with Crippen LogP contribution in [0.25, 0.3) is 10.9 Å². The van der Waals surface area contributed by atoms with Gasteiger partial charge in [-0.15, -0.1) is 0 Å². The monoisotopic (exact) mass is 317 g/mol. The van der Waals surface area contributed by atoms with E-state index < -0.39 is 23.9 Å². The van der Waals surface area contributed by atoms with Crippen molar-refractivity contribution in [3.8, 4) is 0 Å². The summed E-state index contributed by atoms with van der Waals surface area (Å²) in [5.74, 6) is -1.89. The van der Waals surface area contributed by atoms with E-state index in [-0.39, 0.29) is 10.9 Å². The summed E-state index contributed by atoms with van der Waals surface area (Å²) in [5.41, 5.74) is 6.27.